The van der Waals surface area contributed by atoms with E-state index in [-0.39, 0.29) is 0 Å². The summed E-state index contributed by atoms with van der Waals surface area (Å²) in [6.07, 6.45) is 0. The molecule has 0 saturated carbocycles. The molecule has 1 radical (unpaired) electrons. The molecule has 0 atom stereocenters. The van der Waals surface area contributed by atoms with Crippen molar-refractivity contribution in [2.45, 2.75) is 30.7 Å². The monoisotopic (exact) mass is 301 g/mol. The standard InChI is InChI=1S/C17H22As/c1-17(2,3)18(4,15-11-7-5-8-12-15)16-13-9-6-10-14-16/h5-14H,1-4H3. The predicted octanol–water partition coefficient (Wildman–Crippen LogP) is 3.68. The summed E-state index contributed by atoms with van der Waals surface area (Å²) in [4.78, 5) is 0. The Morgan fingerprint density at radius 2 is 1.00 bits per heavy atom. The minimum atomic E-state index is -2.11. The van der Waals surface area contributed by atoms with Gasteiger partial charge in [-0.25, -0.2) is 0 Å². The summed E-state index contributed by atoms with van der Waals surface area (Å²) in [6, 6.07) is 22.1. The fraction of sp³-hybridized carbons (Fsp3) is 0.294. The zero-order valence-electron chi connectivity index (χ0n) is 11.7. The average Bonchev–Trinajstić information content (AvgIpc) is 2.38. The summed E-state index contributed by atoms with van der Waals surface area (Å²) in [5.41, 5.74) is 2.52. The predicted molar refractivity (Wildman–Crippen MR) is 83.5 cm³/mol. The average molecular weight is 301 g/mol. The Morgan fingerprint density at radius 1 is 0.667 bits per heavy atom. The molecule has 0 N–H and O–H groups in total. The van der Waals surface area contributed by atoms with Gasteiger partial charge in [-0.2, -0.15) is 0 Å². The molecule has 0 heterocycles. The van der Waals surface area contributed by atoms with Crippen molar-refractivity contribution in [3.8, 4) is 0 Å². The number of hydrogen-bond donors (Lipinski definition) is 0. The van der Waals surface area contributed by atoms with E-state index in [0.717, 1.165) is 0 Å². The number of rotatable bonds is 2. The van der Waals surface area contributed by atoms with E-state index in [9.17, 15) is 0 Å². The van der Waals surface area contributed by atoms with E-state index >= 15 is 0 Å². The SMILES string of the molecule is CC(C)(C)[As](C)(c1ccccc1)c1ccccc1. The molecule has 0 fully saturated rings. The molecule has 2 rings (SSSR count). The molecule has 0 aromatic heterocycles. The first-order valence-corrected chi connectivity index (χ1v) is 11.1. The molecule has 0 nitrogen and oxygen atoms in total. The van der Waals surface area contributed by atoms with Gasteiger partial charge in [0.15, 0.2) is 0 Å². The summed E-state index contributed by atoms with van der Waals surface area (Å²) < 4.78 is 3.43. The first-order valence-electron chi connectivity index (χ1n) is 6.44. The van der Waals surface area contributed by atoms with Gasteiger partial charge in [0, 0.05) is 0 Å². The van der Waals surface area contributed by atoms with Crippen molar-refractivity contribution in [3.05, 3.63) is 60.7 Å². The zero-order chi connectivity index (χ0) is 13.2. The quantitative estimate of drug-likeness (QED) is 0.742. The molecule has 1 heteroatoms. The fourth-order valence-electron chi connectivity index (χ4n) is 2.38. The van der Waals surface area contributed by atoms with Crippen LogP contribution >= 0.6 is 0 Å². The fourth-order valence-corrected chi connectivity index (χ4v) is 9.48. The van der Waals surface area contributed by atoms with E-state index in [1.54, 1.807) is 8.70 Å². The van der Waals surface area contributed by atoms with Gasteiger partial charge in [0.05, 0.1) is 0 Å². The Bertz CT molecular complexity index is 455. The van der Waals surface area contributed by atoms with E-state index in [2.05, 4.69) is 87.1 Å². The van der Waals surface area contributed by atoms with Crippen molar-refractivity contribution in [1.82, 2.24) is 0 Å². The molecule has 0 amide bonds. The maximum absolute atomic E-state index is 2.52. The summed E-state index contributed by atoms with van der Waals surface area (Å²) >= 11 is -2.11. The van der Waals surface area contributed by atoms with Gasteiger partial charge in [-0.1, -0.05) is 0 Å². The van der Waals surface area contributed by atoms with Gasteiger partial charge in [-0.15, -0.1) is 0 Å². The van der Waals surface area contributed by atoms with Crippen LogP contribution in [0.2, 0.25) is 9.91 Å². The van der Waals surface area contributed by atoms with Crippen LogP contribution in [0.15, 0.2) is 60.7 Å². The van der Waals surface area contributed by atoms with Crippen molar-refractivity contribution in [3.63, 3.8) is 0 Å². The first-order chi connectivity index (χ1) is 8.46. The maximum atomic E-state index is 2.52. The Kier molecular flexibility index (Phi) is 3.68. The third-order valence-electron chi connectivity index (χ3n) is 3.89. The van der Waals surface area contributed by atoms with Crippen molar-refractivity contribution in [2.24, 2.45) is 0 Å². The van der Waals surface area contributed by atoms with Gasteiger partial charge in [-0.05, 0) is 0 Å². The molecule has 0 bridgehead atoms. The third kappa shape index (κ3) is 2.27. The van der Waals surface area contributed by atoms with Crippen LogP contribution in [0, 0.1) is 0 Å². The Labute approximate surface area is 114 Å². The summed E-state index contributed by atoms with van der Waals surface area (Å²) in [5.74, 6) is 0. The van der Waals surface area contributed by atoms with Crippen molar-refractivity contribution in [1.29, 1.82) is 0 Å². The molecule has 0 aliphatic heterocycles. The zero-order valence-corrected chi connectivity index (χ0v) is 13.6. The number of hydrogen-bond acceptors (Lipinski definition) is 0. The molecule has 0 aliphatic carbocycles. The summed E-state index contributed by atoms with van der Waals surface area (Å²) in [6.45, 7) is 7.17. The number of benzene rings is 2. The van der Waals surface area contributed by atoms with E-state index in [4.69, 9.17) is 0 Å². The van der Waals surface area contributed by atoms with Crippen LogP contribution in [0.4, 0.5) is 0 Å². The normalized spacial score (nSPS) is 12.4. The van der Waals surface area contributed by atoms with E-state index in [1.807, 2.05) is 0 Å². The van der Waals surface area contributed by atoms with Crippen LogP contribution in [-0.4, -0.2) is 13.6 Å². The van der Waals surface area contributed by atoms with Crippen LogP contribution in [0.1, 0.15) is 20.8 Å². The molecule has 0 saturated heterocycles. The van der Waals surface area contributed by atoms with E-state index in [1.165, 1.54) is 0 Å². The molecule has 18 heavy (non-hydrogen) atoms. The van der Waals surface area contributed by atoms with Crippen LogP contribution in [0.5, 0.6) is 0 Å². The van der Waals surface area contributed by atoms with Crippen molar-refractivity contribution in [2.75, 3.05) is 0 Å². The van der Waals surface area contributed by atoms with Gasteiger partial charge in [0.25, 0.3) is 0 Å². The van der Waals surface area contributed by atoms with Crippen LogP contribution in [-0.2, 0) is 0 Å². The van der Waals surface area contributed by atoms with E-state index in [0.29, 0.717) is 4.20 Å². The Morgan fingerprint density at radius 3 is 1.28 bits per heavy atom. The van der Waals surface area contributed by atoms with Crippen molar-refractivity contribution >= 4 is 22.3 Å². The summed E-state index contributed by atoms with van der Waals surface area (Å²) in [5, 5.41) is 0. The summed E-state index contributed by atoms with van der Waals surface area (Å²) in [7, 11) is 0. The van der Waals surface area contributed by atoms with Gasteiger partial charge in [-0.3, -0.25) is 0 Å². The second-order valence-electron chi connectivity index (χ2n) is 5.85. The van der Waals surface area contributed by atoms with Gasteiger partial charge >= 0.3 is 114 Å². The minimum absolute atomic E-state index is 0.334. The van der Waals surface area contributed by atoms with Gasteiger partial charge < -0.3 is 0 Å². The van der Waals surface area contributed by atoms with Crippen LogP contribution in [0.3, 0.4) is 0 Å². The van der Waals surface area contributed by atoms with Gasteiger partial charge in [0.2, 0.25) is 0 Å². The molecular weight excluding hydrogens is 279 g/mol. The third-order valence-corrected chi connectivity index (χ3v) is 15.1. The van der Waals surface area contributed by atoms with E-state index < -0.39 is 13.6 Å². The molecule has 0 spiro atoms. The Balaban J connectivity index is 2.63. The molecule has 95 valence electrons. The second-order valence-corrected chi connectivity index (χ2v) is 15.1. The Hall–Kier alpha value is -1.00. The molecule has 0 aliphatic rings. The van der Waals surface area contributed by atoms with Crippen LogP contribution in [0.25, 0.3) is 0 Å². The molecule has 2 aromatic rings. The first kappa shape index (κ1) is 13.4. The molecule has 0 unspecified atom stereocenters. The van der Waals surface area contributed by atoms with Crippen molar-refractivity contribution < 1.29 is 0 Å². The van der Waals surface area contributed by atoms with Gasteiger partial charge in [0.1, 0.15) is 0 Å². The molecule has 2 aromatic carbocycles. The molecular formula is C17H22As. The van der Waals surface area contributed by atoms with Crippen LogP contribution < -0.4 is 8.70 Å². The topological polar surface area (TPSA) is 0 Å². The second kappa shape index (κ2) is 4.94.